The summed E-state index contributed by atoms with van der Waals surface area (Å²) in [6.45, 7) is 0. The van der Waals surface area contributed by atoms with Crippen molar-refractivity contribution in [2.75, 3.05) is 0 Å². The van der Waals surface area contributed by atoms with Crippen LogP contribution in [0.1, 0.15) is 43.2 Å². The van der Waals surface area contributed by atoms with Crippen molar-refractivity contribution in [1.82, 2.24) is 25.7 Å². The van der Waals surface area contributed by atoms with Crippen LogP contribution in [0.3, 0.4) is 0 Å². The van der Waals surface area contributed by atoms with Crippen LogP contribution >= 0.6 is 23.5 Å². The predicted molar refractivity (Wildman–Crippen MR) is 162 cm³/mol. The molecule has 11 nitrogen and oxygen atoms in total. The maximum Gasteiger partial charge on any atom is 0.230 e. The van der Waals surface area contributed by atoms with Gasteiger partial charge in [-0.05, 0) is 60.7 Å². The second-order valence-electron chi connectivity index (χ2n) is 9.12. The zero-order valence-corrected chi connectivity index (χ0v) is 23.2. The molecule has 2 aromatic heterocycles. The van der Waals surface area contributed by atoms with Crippen molar-refractivity contribution in [3.05, 3.63) is 59.9 Å². The summed E-state index contributed by atoms with van der Waals surface area (Å²) in [5.41, 5.74) is 3.38. The summed E-state index contributed by atoms with van der Waals surface area (Å²) in [5.74, 6) is -0.415. The average Bonchev–Trinajstić information content (AvgIpc) is 3.57. The van der Waals surface area contributed by atoms with Crippen LogP contribution in [-0.2, 0) is 22.4 Å². The van der Waals surface area contributed by atoms with Gasteiger partial charge in [0.1, 0.15) is 5.78 Å². The van der Waals surface area contributed by atoms with Gasteiger partial charge in [-0.15, -0.1) is 0 Å². The molecule has 0 spiro atoms. The van der Waals surface area contributed by atoms with E-state index < -0.39 is 0 Å². The number of nitrogens with one attached hydrogen (secondary N) is 7. The molecule has 1 amide bonds. The molecule has 0 fully saturated rings. The minimum Gasteiger partial charge on any atom is -0.305 e. The molecular weight excluding hydrogens is 546 g/mol. The molecule has 0 saturated carbocycles. The molecule has 7 N–H and O–H groups in total. The van der Waals surface area contributed by atoms with Crippen LogP contribution < -0.4 is 5.32 Å². The summed E-state index contributed by atoms with van der Waals surface area (Å²) in [5, 5.41) is 51.0. The van der Waals surface area contributed by atoms with E-state index in [-0.39, 0.29) is 46.2 Å². The van der Waals surface area contributed by atoms with Crippen molar-refractivity contribution in [1.29, 1.82) is 21.6 Å². The van der Waals surface area contributed by atoms with Gasteiger partial charge < -0.3 is 5.32 Å². The summed E-state index contributed by atoms with van der Waals surface area (Å²) in [6, 6.07) is 11.2. The molecule has 2 heterocycles. The van der Waals surface area contributed by atoms with Crippen molar-refractivity contribution in [2.45, 2.75) is 44.9 Å². The van der Waals surface area contributed by atoms with Crippen molar-refractivity contribution in [2.24, 2.45) is 0 Å². The molecule has 0 bridgehead atoms. The number of amides is 1. The molecule has 4 aromatic rings. The molecule has 0 atom stereocenters. The number of fused-ring (bicyclic) bond motifs is 2. The Labute approximate surface area is 238 Å². The number of hydrogen-bond donors (Lipinski definition) is 7. The Morgan fingerprint density at radius 1 is 0.750 bits per heavy atom. The van der Waals surface area contributed by atoms with Gasteiger partial charge >= 0.3 is 0 Å². The lowest BCUT2D eigenvalue weighted by molar-refractivity contribution is -0.119. The Morgan fingerprint density at radius 2 is 1.30 bits per heavy atom. The van der Waals surface area contributed by atoms with Gasteiger partial charge in [0.25, 0.3) is 0 Å². The van der Waals surface area contributed by atoms with E-state index in [0.29, 0.717) is 30.7 Å². The first kappa shape index (κ1) is 28.9. The van der Waals surface area contributed by atoms with Gasteiger partial charge in [-0.1, -0.05) is 36.0 Å². The highest BCUT2D eigenvalue weighted by Crippen LogP contribution is 2.20. The number of aromatic nitrogens is 4. The number of unbranched alkanes of at least 4 members (excludes halogenated alkanes) is 1. The highest BCUT2D eigenvalue weighted by molar-refractivity contribution is 8.26. The molecule has 0 aliphatic carbocycles. The summed E-state index contributed by atoms with van der Waals surface area (Å²) >= 11 is 1.90. The lowest BCUT2D eigenvalue weighted by Gasteiger charge is -2.08. The van der Waals surface area contributed by atoms with E-state index in [2.05, 4.69) is 25.7 Å². The molecule has 0 radical (unpaired) electrons. The fraction of sp³-hybridized carbons (Fsp3) is 0.259. The van der Waals surface area contributed by atoms with Crippen molar-refractivity contribution >= 4 is 77.3 Å². The van der Waals surface area contributed by atoms with Crippen molar-refractivity contribution < 1.29 is 9.59 Å². The van der Waals surface area contributed by atoms with Crippen molar-refractivity contribution in [3.63, 3.8) is 0 Å². The van der Waals surface area contributed by atoms with Crippen molar-refractivity contribution in [3.8, 4) is 0 Å². The normalized spacial score (nSPS) is 11.0. The van der Waals surface area contributed by atoms with E-state index in [4.69, 9.17) is 21.6 Å². The van der Waals surface area contributed by atoms with Crippen LogP contribution in [0.4, 0.5) is 0 Å². The molecule has 0 saturated heterocycles. The lowest BCUT2D eigenvalue weighted by atomic mass is 10.0. The minimum absolute atomic E-state index is 0.0202. The summed E-state index contributed by atoms with van der Waals surface area (Å²) in [6.07, 6.45) is 5.80. The van der Waals surface area contributed by atoms with Crippen LogP contribution in [-0.4, -0.2) is 52.4 Å². The van der Waals surface area contributed by atoms with Crippen LogP contribution in [0.2, 0.25) is 0 Å². The van der Waals surface area contributed by atoms with E-state index in [1.165, 1.54) is 0 Å². The predicted octanol–water partition coefficient (Wildman–Crippen LogP) is 5.19. The smallest absolute Gasteiger partial charge is 0.230 e. The zero-order chi connectivity index (χ0) is 28.5. The van der Waals surface area contributed by atoms with E-state index in [9.17, 15) is 9.59 Å². The Balaban J connectivity index is 1.09. The molecule has 206 valence electrons. The standard InChI is InChI=1S/C27H29N9O2S2/c28-23(39-25(30)13-18(37)11-16-5-3-7-21-19(16)14-32-35-21)9-1-2-10-24(29)40-27(31)34-26(38)12-17-6-4-8-22-20(17)15-33-36-22/h3-8,14-15,28-30H,1-2,9-13H2,(H,32,35)(H,33,36)(H2,31,34,38). The maximum absolute atomic E-state index is 12.5. The van der Waals surface area contributed by atoms with Gasteiger partial charge in [-0.3, -0.25) is 41.4 Å². The average molecular weight is 576 g/mol. The van der Waals surface area contributed by atoms with E-state index in [1.54, 1.807) is 12.4 Å². The van der Waals surface area contributed by atoms with Crippen LogP contribution in [0.25, 0.3) is 21.8 Å². The fourth-order valence-electron chi connectivity index (χ4n) is 4.17. The lowest BCUT2D eigenvalue weighted by Crippen LogP contribution is -2.29. The molecule has 4 rings (SSSR count). The number of carbonyl (C=O) groups is 2. The third kappa shape index (κ3) is 8.20. The van der Waals surface area contributed by atoms with Gasteiger partial charge in [-0.2, -0.15) is 10.2 Å². The quantitative estimate of drug-likeness (QED) is 0.0728. The van der Waals surface area contributed by atoms with Gasteiger partial charge in [0, 0.05) is 17.2 Å². The third-order valence-corrected chi connectivity index (χ3v) is 7.63. The third-order valence-electron chi connectivity index (χ3n) is 6.03. The van der Waals surface area contributed by atoms with Crippen LogP contribution in [0.15, 0.2) is 48.8 Å². The second kappa shape index (κ2) is 13.8. The number of ketones is 1. The molecule has 0 aliphatic heterocycles. The SMILES string of the molecule is N=C(CCCCC(=N)SC(=N)NC(=O)Cc1cccc2[nH]ncc12)SC(=N)CC(=O)Cc1cccc2[nH]ncc12. The topological polar surface area (TPSA) is 199 Å². The molecule has 13 heteroatoms. The highest BCUT2D eigenvalue weighted by atomic mass is 32.2. The first-order chi connectivity index (χ1) is 19.3. The Bertz CT molecular complexity index is 1470. The monoisotopic (exact) mass is 575 g/mol. The number of amidine groups is 1. The zero-order valence-electron chi connectivity index (χ0n) is 21.6. The maximum atomic E-state index is 12.5. The summed E-state index contributed by atoms with van der Waals surface area (Å²) < 4.78 is 0. The number of aromatic amines is 2. The Hall–Kier alpha value is -4.10. The number of carbonyl (C=O) groups excluding carboxylic acids is 2. The molecule has 40 heavy (non-hydrogen) atoms. The van der Waals surface area contributed by atoms with E-state index >= 15 is 0 Å². The second-order valence-corrected chi connectivity index (χ2v) is 11.4. The number of benzene rings is 2. The number of rotatable bonds is 11. The van der Waals surface area contributed by atoms with E-state index in [1.807, 2.05) is 36.4 Å². The number of H-pyrrole nitrogens is 2. The van der Waals surface area contributed by atoms with E-state index in [0.717, 1.165) is 56.5 Å². The number of Topliss-reactive ketones (excluding diaryl/α,β-unsaturated/α-hetero) is 1. The number of hydrogen-bond acceptors (Lipinski definition) is 10. The highest BCUT2D eigenvalue weighted by Gasteiger charge is 2.14. The van der Waals surface area contributed by atoms with Crippen LogP contribution in [0, 0.1) is 21.6 Å². The molecule has 0 unspecified atom stereocenters. The van der Waals surface area contributed by atoms with Gasteiger partial charge in [-0.25, -0.2) is 0 Å². The summed E-state index contributed by atoms with van der Waals surface area (Å²) in [7, 11) is 0. The number of thioether (sulfide) groups is 2. The van der Waals surface area contributed by atoms with Gasteiger partial charge in [0.2, 0.25) is 5.91 Å². The molecule has 2 aromatic carbocycles. The first-order valence-electron chi connectivity index (χ1n) is 12.6. The molecule has 0 aliphatic rings. The van der Waals surface area contributed by atoms with Gasteiger partial charge in [0.15, 0.2) is 5.17 Å². The fourth-order valence-corrected chi connectivity index (χ4v) is 5.61. The van der Waals surface area contributed by atoms with Gasteiger partial charge in [0.05, 0.1) is 51.4 Å². The Morgan fingerprint density at radius 3 is 1.90 bits per heavy atom. The Kier molecular flexibility index (Phi) is 9.97. The molecular formula is C27H29N9O2S2. The minimum atomic E-state index is -0.330. The largest absolute Gasteiger partial charge is 0.305 e. The number of nitrogens with zero attached hydrogens (tertiary/aromatic N) is 2. The summed E-state index contributed by atoms with van der Waals surface area (Å²) in [4.78, 5) is 24.8. The van der Waals surface area contributed by atoms with Crippen LogP contribution in [0.5, 0.6) is 0 Å². The first-order valence-corrected chi connectivity index (χ1v) is 14.2.